The molecule has 0 N–H and O–H groups in total. The Morgan fingerprint density at radius 3 is 2.57 bits per heavy atom. The Kier molecular flexibility index (Phi) is 3.03. The van der Waals surface area contributed by atoms with Gasteiger partial charge < -0.3 is 4.74 Å². The van der Waals surface area contributed by atoms with Crippen molar-refractivity contribution in [3.63, 3.8) is 0 Å². The third kappa shape index (κ3) is 3.28. The third-order valence-corrected chi connectivity index (χ3v) is 1.80. The van der Waals surface area contributed by atoms with Crippen LogP contribution in [0.1, 0.15) is 33.6 Å². The van der Waals surface area contributed by atoms with Crippen LogP contribution in [-0.4, -0.2) is 34.8 Å². The van der Waals surface area contributed by atoms with Crippen molar-refractivity contribution >= 4 is 18.1 Å². The standard InChI is InChI=1S/C10H16NO3/c1-10(2,3)14-9(13)11-6-4-8(12)5-7-11/h6H,4-5,7H2,1-3H3/q+1. The lowest BCUT2D eigenvalue weighted by Crippen LogP contribution is -2.34. The van der Waals surface area contributed by atoms with Crippen LogP contribution < -0.4 is 0 Å². The van der Waals surface area contributed by atoms with Crippen LogP contribution in [0.3, 0.4) is 0 Å². The van der Waals surface area contributed by atoms with Gasteiger partial charge >= 0.3 is 6.09 Å². The largest absolute Gasteiger partial charge is 0.596 e. The summed E-state index contributed by atoms with van der Waals surface area (Å²) < 4.78 is 6.62. The SMILES string of the molecule is CC(C)(C)OC(=O)[N+]1=CCC(=O)CC1. The van der Waals surface area contributed by atoms with E-state index in [0.717, 1.165) is 0 Å². The zero-order valence-electron chi connectivity index (χ0n) is 8.87. The minimum atomic E-state index is -0.480. The van der Waals surface area contributed by atoms with Crippen molar-refractivity contribution < 1.29 is 18.9 Å². The summed E-state index contributed by atoms with van der Waals surface area (Å²) in [5.74, 6) is 0.171. The number of Topliss-reactive ketones (excluding diaryl/α,β-unsaturated/α-hetero) is 1. The topological polar surface area (TPSA) is 46.4 Å². The Morgan fingerprint density at radius 2 is 2.14 bits per heavy atom. The van der Waals surface area contributed by atoms with Gasteiger partial charge in [0.1, 0.15) is 11.4 Å². The zero-order valence-corrected chi connectivity index (χ0v) is 8.87. The van der Waals surface area contributed by atoms with Crippen LogP contribution in [-0.2, 0) is 9.53 Å². The molecule has 0 bridgehead atoms. The first kappa shape index (κ1) is 10.9. The molecule has 78 valence electrons. The zero-order chi connectivity index (χ0) is 10.8. The van der Waals surface area contributed by atoms with Crippen LogP contribution >= 0.6 is 0 Å². The second-order valence-corrected chi connectivity index (χ2v) is 4.35. The summed E-state index contributed by atoms with van der Waals surface area (Å²) in [6, 6.07) is 0. The molecule has 0 fully saturated rings. The number of nitrogens with zero attached hydrogens (tertiary/aromatic N) is 1. The van der Waals surface area contributed by atoms with Crippen molar-refractivity contribution in [2.45, 2.75) is 39.2 Å². The van der Waals surface area contributed by atoms with E-state index >= 15 is 0 Å². The molecule has 1 aliphatic heterocycles. The van der Waals surface area contributed by atoms with E-state index in [1.54, 1.807) is 6.21 Å². The van der Waals surface area contributed by atoms with Crippen molar-refractivity contribution in [1.82, 2.24) is 0 Å². The van der Waals surface area contributed by atoms with Gasteiger partial charge in [0, 0.05) is 0 Å². The van der Waals surface area contributed by atoms with Crippen LogP contribution in [0.2, 0.25) is 0 Å². The normalized spacial score (nSPS) is 17.6. The van der Waals surface area contributed by atoms with Gasteiger partial charge in [-0.05, 0) is 20.8 Å². The molecule has 0 radical (unpaired) electrons. The minimum absolute atomic E-state index is 0.171. The Morgan fingerprint density at radius 1 is 1.50 bits per heavy atom. The summed E-state index contributed by atoms with van der Waals surface area (Å²) in [6.45, 7) is 5.90. The van der Waals surface area contributed by atoms with E-state index in [-0.39, 0.29) is 11.9 Å². The summed E-state index contributed by atoms with van der Waals surface area (Å²) >= 11 is 0. The quantitative estimate of drug-likeness (QED) is 0.552. The summed E-state index contributed by atoms with van der Waals surface area (Å²) in [5.41, 5.74) is -0.480. The predicted molar refractivity (Wildman–Crippen MR) is 51.7 cm³/mol. The van der Waals surface area contributed by atoms with Gasteiger partial charge in [-0.15, -0.1) is 4.58 Å². The molecule has 1 rings (SSSR count). The molecule has 14 heavy (non-hydrogen) atoms. The number of carbonyl (C=O) groups is 2. The number of ketones is 1. The lowest BCUT2D eigenvalue weighted by molar-refractivity contribution is -0.448. The number of hydrogen-bond acceptors (Lipinski definition) is 3. The van der Waals surface area contributed by atoms with Crippen molar-refractivity contribution in [3.05, 3.63) is 0 Å². The number of amides is 1. The monoisotopic (exact) mass is 198 g/mol. The number of carbonyl (C=O) groups excluding carboxylic acids is 2. The lowest BCUT2D eigenvalue weighted by Gasteiger charge is -2.17. The van der Waals surface area contributed by atoms with E-state index in [1.807, 2.05) is 20.8 Å². The molecule has 0 aromatic carbocycles. The summed E-state index contributed by atoms with van der Waals surface area (Å²) in [6.07, 6.45) is 1.99. The van der Waals surface area contributed by atoms with E-state index < -0.39 is 5.60 Å². The molecule has 1 aliphatic rings. The van der Waals surface area contributed by atoms with E-state index in [1.165, 1.54) is 4.58 Å². The smallest absolute Gasteiger partial charge is 0.406 e. The molecule has 0 saturated heterocycles. The van der Waals surface area contributed by atoms with E-state index in [9.17, 15) is 9.59 Å². The molecule has 0 spiro atoms. The van der Waals surface area contributed by atoms with E-state index in [0.29, 0.717) is 19.4 Å². The van der Waals surface area contributed by atoms with Crippen LogP contribution in [0.5, 0.6) is 0 Å². The van der Waals surface area contributed by atoms with Crippen LogP contribution in [0.25, 0.3) is 0 Å². The molecule has 0 aromatic heterocycles. The molecule has 0 aliphatic carbocycles. The van der Waals surface area contributed by atoms with Crippen LogP contribution in [0.4, 0.5) is 4.79 Å². The summed E-state index contributed by atoms with van der Waals surface area (Å²) in [7, 11) is 0. The molecule has 4 nitrogen and oxygen atoms in total. The molecular formula is C10H16NO3+. The van der Waals surface area contributed by atoms with E-state index in [4.69, 9.17) is 4.74 Å². The maximum atomic E-state index is 11.5. The van der Waals surface area contributed by atoms with Gasteiger partial charge in [-0.2, -0.15) is 4.79 Å². The predicted octanol–water partition coefficient (Wildman–Crippen LogP) is 1.37. The number of ether oxygens (including phenoxy) is 1. The van der Waals surface area contributed by atoms with Crippen LogP contribution in [0.15, 0.2) is 0 Å². The highest BCUT2D eigenvalue weighted by atomic mass is 16.6. The Hall–Kier alpha value is -1.19. The highest BCUT2D eigenvalue weighted by molar-refractivity contribution is 5.92. The van der Waals surface area contributed by atoms with Gasteiger partial charge in [-0.3, -0.25) is 4.79 Å². The van der Waals surface area contributed by atoms with Gasteiger partial charge in [-0.25, -0.2) is 0 Å². The molecule has 0 saturated carbocycles. The first-order chi connectivity index (χ1) is 6.38. The molecule has 0 unspecified atom stereocenters. The fourth-order valence-electron chi connectivity index (χ4n) is 1.14. The number of hydrogen-bond donors (Lipinski definition) is 0. The summed E-state index contributed by atoms with van der Waals surface area (Å²) in [4.78, 5) is 22.4. The first-order valence-corrected chi connectivity index (χ1v) is 4.73. The molecule has 1 heterocycles. The second-order valence-electron chi connectivity index (χ2n) is 4.35. The van der Waals surface area contributed by atoms with Crippen LogP contribution in [0, 0.1) is 0 Å². The van der Waals surface area contributed by atoms with Gasteiger partial charge in [0.05, 0.1) is 12.8 Å². The fourth-order valence-corrected chi connectivity index (χ4v) is 1.14. The maximum Gasteiger partial charge on any atom is 0.596 e. The molecule has 4 heteroatoms. The van der Waals surface area contributed by atoms with Gasteiger partial charge in [0.25, 0.3) is 0 Å². The highest BCUT2D eigenvalue weighted by Gasteiger charge is 2.28. The van der Waals surface area contributed by atoms with Gasteiger partial charge in [0.2, 0.25) is 0 Å². The van der Waals surface area contributed by atoms with Crippen molar-refractivity contribution in [1.29, 1.82) is 0 Å². The van der Waals surface area contributed by atoms with Gasteiger partial charge in [0.15, 0.2) is 12.8 Å². The first-order valence-electron chi connectivity index (χ1n) is 4.73. The van der Waals surface area contributed by atoms with Crippen molar-refractivity contribution in [2.24, 2.45) is 0 Å². The van der Waals surface area contributed by atoms with Crippen molar-refractivity contribution in [3.8, 4) is 0 Å². The maximum absolute atomic E-state index is 11.5. The molecular weight excluding hydrogens is 182 g/mol. The molecule has 0 aromatic rings. The Labute approximate surface area is 83.6 Å². The number of rotatable bonds is 0. The van der Waals surface area contributed by atoms with E-state index in [2.05, 4.69) is 0 Å². The second kappa shape index (κ2) is 3.90. The highest BCUT2D eigenvalue weighted by Crippen LogP contribution is 2.09. The van der Waals surface area contributed by atoms with Gasteiger partial charge in [-0.1, -0.05) is 0 Å². The average molecular weight is 198 g/mol. The molecule has 1 amide bonds. The average Bonchev–Trinajstić information content (AvgIpc) is 2.02. The summed E-state index contributed by atoms with van der Waals surface area (Å²) in [5, 5.41) is 0. The Balaban J connectivity index is 2.58. The van der Waals surface area contributed by atoms with Crippen molar-refractivity contribution in [2.75, 3.05) is 6.54 Å². The third-order valence-electron chi connectivity index (χ3n) is 1.80. The lowest BCUT2D eigenvalue weighted by atomic mass is 10.2. The minimum Gasteiger partial charge on any atom is -0.406 e. The fraction of sp³-hybridized carbons (Fsp3) is 0.700. The Bertz CT molecular complexity index is 286. The molecule has 0 atom stereocenters.